The van der Waals surface area contributed by atoms with Gasteiger partial charge >= 0.3 is 0 Å². The number of hydrogen-bond donors (Lipinski definition) is 2. The van der Waals surface area contributed by atoms with Crippen molar-refractivity contribution in [3.05, 3.63) is 54.1 Å². The first-order valence-corrected chi connectivity index (χ1v) is 7.95. The number of rotatable bonds is 8. The standard InChI is InChI=1S/C19H19N3O4/c1-25-14-6-8-15(9-7-14)26-13-12-21-19(24)16-4-2-3-5-17(16)22-18(23)10-11-20/h2-9H,10,12-13H2,1H3,(H,21,24)(H,22,23). The van der Waals surface area contributed by atoms with Gasteiger partial charge in [-0.25, -0.2) is 0 Å². The smallest absolute Gasteiger partial charge is 0.253 e. The summed E-state index contributed by atoms with van der Waals surface area (Å²) in [6.07, 6.45) is -0.272. The summed E-state index contributed by atoms with van der Waals surface area (Å²) in [5.74, 6) is 0.608. The molecule has 0 bridgehead atoms. The van der Waals surface area contributed by atoms with Crippen LogP contribution in [0.1, 0.15) is 16.8 Å². The van der Waals surface area contributed by atoms with E-state index in [1.165, 1.54) is 0 Å². The fourth-order valence-corrected chi connectivity index (χ4v) is 2.16. The summed E-state index contributed by atoms with van der Waals surface area (Å²) in [5.41, 5.74) is 0.685. The molecule has 0 unspecified atom stereocenters. The van der Waals surface area contributed by atoms with Crippen molar-refractivity contribution in [3.63, 3.8) is 0 Å². The van der Waals surface area contributed by atoms with E-state index < -0.39 is 5.91 Å². The van der Waals surface area contributed by atoms with E-state index in [0.29, 0.717) is 30.2 Å². The molecule has 2 aromatic carbocycles. The molecule has 2 N–H and O–H groups in total. The summed E-state index contributed by atoms with van der Waals surface area (Å²) in [7, 11) is 1.59. The number of benzene rings is 2. The third kappa shape index (κ3) is 5.53. The predicted octanol–water partition coefficient (Wildman–Crippen LogP) is 2.36. The molecule has 7 nitrogen and oxygen atoms in total. The molecular formula is C19H19N3O4. The van der Waals surface area contributed by atoms with Crippen LogP contribution in [-0.2, 0) is 4.79 Å². The van der Waals surface area contributed by atoms with E-state index in [9.17, 15) is 9.59 Å². The van der Waals surface area contributed by atoms with Gasteiger partial charge < -0.3 is 20.1 Å². The molecule has 2 rings (SSSR count). The van der Waals surface area contributed by atoms with Crippen LogP contribution in [0.5, 0.6) is 11.5 Å². The second-order valence-corrected chi connectivity index (χ2v) is 5.21. The Morgan fingerprint density at radius 3 is 2.46 bits per heavy atom. The Hall–Kier alpha value is -3.53. The van der Waals surface area contributed by atoms with Crippen LogP contribution in [0.4, 0.5) is 5.69 Å². The summed E-state index contributed by atoms with van der Waals surface area (Å²) >= 11 is 0. The summed E-state index contributed by atoms with van der Waals surface area (Å²) in [5, 5.41) is 13.8. The number of nitrogens with one attached hydrogen (secondary N) is 2. The highest BCUT2D eigenvalue weighted by molar-refractivity contribution is 6.04. The average molecular weight is 353 g/mol. The molecule has 0 radical (unpaired) electrons. The second-order valence-electron chi connectivity index (χ2n) is 5.21. The van der Waals surface area contributed by atoms with Gasteiger partial charge in [0.05, 0.1) is 31.0 Å². The van der Waals surface area contributed by atoms with Crippen molar-refractivity contribution in [2.75, 3.05) is 25.6 Å². The summed E-state index contributed by atoms with van der Waals surface area (Å²) in [4.78, 5) is 23.9. The van der Waals surface area contributed by atoms with Crippen LogP contribution in [0.15, 0.2) is 48.5 Å². The number of anilines is 1. The molecule has 0 atom stereocenters. The number of nitrogens with zero attached hydrogens (tertiary/aromatic N) is 1. The van der Waals surface area contributed by atoms with E-state index in [0.717, 1.165) is 5.75 Å². The predicted molar refractivity (Wildman–Crippen MR) is 96.1 cm³/mol. The topological polar surface area (TPSA) is 100 Å². The van der Waals surface area contributed by atoms with Crippen LogP contribution >= 0.6 is 0 Å². The number of nitriles is 1. The van der Waals surface area contributed by atoms with Gasteiger partial charge in [0.15, 0.2) is 0 Å². The first-order chi connectivity index (χ1) is 12.6. The molecule has 0 spiro atoms. The van der Waals surface area contributed by atoms with Crippen molar-refractivity contribution in [1.29, 1.82) is 5.26 Å². The molecule has 134 valence electrons. The monoisotopic (exact) mass is 353 g/mol. The molecule has 0 aromatic heterocycles. The molecule has 0 saturated heterocycles. The van der Waals surface area contributed by atoms with E-state index in [-0.39, 0.29) is 12.3 Å². The highest BCUT2D eigenvalue weighted by Gasteiger charge is 2.12. The summed E-state index contributed by atoms with van der Waals surface area (Å²) in [6, 6.07) is 15.5. The van der Waals surface area contributed by atoms with Crippen molar-refractivity contribution < 1.29 is 19.1 Å². The zero-order valence-corrected chi connectivity index (χ0v) is 14.3. The third-order valence-electron chi connectivity index (χ3n) is 3.40. The lowest BCUT2D eigenvalue weighted by Crippen LogP contribution is -2.29. The SMILES string of the molecule is COc1ccc(OCCNC(=O)c2ccccc2NC(=O)CC#N)cc1. The number of hydrogen-bond acceptors (Lipinski definition) is 5. The lowest BCUT2D eigenvalue weighted by Gasteiger charge is -2.11. The number of carbonyl (C=O) groups excluding carboxylic acids is 2. The van der Waals surface area contributed by atoms with Crippen LogP contribution in [-0.4, -0.2) is 32.1 Å². The Bertz CT molecular complexity index is 797. The van der Waals surface area contributed by atoms with Gasteiger partial charge in [-0.3, -0.25) is 9.59 Å². The quantitative estimate of drug-likeness (QED) is 0.710. The van der Waals surface area contributed by atoms with Crippen LogP contribution in [0.3, 0.4) is 0 Å². The minimum atomic E-state index is -0.462. The van der Waals surface area contributed by atoms with Gasteiger partial charge in [0.1, 0.15) is 24.5 Å². The Labute approximate surface area is 151 Å². The lowest BCUT2D eigenvalue weighted by molar-refractivity contribution is -0.115. The zero-order chi connectivity index (χ0) is 18.8. The molecule has 2 aromatic rings. The summed E-state index contributed by atoms with van der Waals surface area (Å²) in [6.45, 7) is 0.590. The van der Waals surface area contributed by atoms with Crippen molar-refractivity contribution >= 4 is 17.5 Å². The van der Waals surface area contributed by atoms with Gasteiger partial charge in [-0.2, -0.15) is 5.26 Å². The maximum absolute atomic E-state index is 12.3. The number of ether oxygens (including phenoxy) is 2. The van der Waals surface area contributed by atoms with E-state index in [1.54, 1.807) is 61.7 Å². The molecule has 26 heavy (non-hydrogen) atoms. The fraction of sp³-hybridized carbons (Fsp3) is 0.211. The highest BCUT2D eigenvalue weighted by Crippen LogP contribution is 2.17. The van der Waals surface area contributed by atoms with Crippen molar-refractivity contribution in [2.24, 2.45) is 0 Å². The third-order valence-corrected chi connectivity index (χ3v) is 3.40. The van der Waals surface area contributed by atoms with Crippen LogP contribution in [0, 0.1) is 11.3 Å². The van der Waals surface area contributed by atoms with Crippen LogP contribution < -0.4 is 20.1 Å². The normalized spacial score (nSPS) is 9.69. The van der Waals surface area contributed by atoms with E-state index >= 15 is 0 Å². The molecular weight excluding hydrogens is 334 g/mol. The van der Waals surface area contributed by atoms with Gasteiger partial charge in [-0.05, 0) is 36.4 Å². The molecule has 0 heterocycles. The lowest BCUT2D eigenvalue weighted by atomic mass is 10.1. The first kappa shape index (κ1) is 18.8. The van der Waals surface area contributed by atoms with Gasteiger partial charge in [-0.1, -0.05) is 12.1 Å². The van der Waals surface area contributed by atoms with Crippen molar-refractivity contribution in [3.8, 4) is 17.6 Å². The average Bonchev–Trinajstić information content (AvgIpc) is 2.66. The van der Waals surface area contributed by atoms with Crippen molar-refractivity contribution in [2.45, 2.75) is 6.42 Å². The molecule has 2 amide bonds. The van der Waals surface area contributed by atoms with Gasteiger partial charge in [-0.15, -0.1) is 0 Å². The van der Waals surface area contributed by atoms with E-state index in [4.69, 9.17) is 14.7 Å². The Morgan fingerprint density at radius 1 is 1.08 bits per heavy atom. The molecule has 0 fully saturated rings. The Kier molecular flexibility index (Phi) is 7.01. The number of carbonyl (C=O) groups is 2. The molecule has 0 saturated carbocycles. The number of amides is 2. The van der Waals surface area contributed by atoms with Crippen molar-refractivity contribution in [1.82, 2.24) is 5.32 Å². The fourth-order valence-electron chi connectivity index (χ4n) is 2.16. The van der Waals surface area contributed by atoms with Crippen LogP contribution in [0.25, 0.3) is 0 Å². The van der Waals surface area contributed by atoms with Crippen LogP contribution in [0.2, 0.25) is 0 Å². The first-order valence-electron chi connectivity index (χ1n) is 7.95. The molecule has 7 heteroatoms. The van der Waals surface area contributed by atoms with E-state index in [1.807, 2.05) is 0 Å². The van der Waals surface area contributed by atoms with Gasteiger partial charge in [0.25, 0.3) is 5.91 Å². The second kappa shape index (κ2) is 9.69. The molecule has 0 aliphatic rings. The Balaban J connectivity index is 1.85. The summed E-state index contributed by atoms with van der Waals surface area (Å²) < 4.78 is 10.6. The minimum Gasteiger partial charge on any atom is -0.497 e. The largest absolute Gasteiger partial charge is 0.497 e. The number of para-hydroxylation sites is 1. The van der Waals surface area contributed by atoms with E-state index in [2.05, 4.69) is 10.6 Å². The molecule has 0 aliphatic carbocycles. The Morgan fingerprint density at radius 2 is 1.77 bits per heavy atom. The zero-order valence-electron chi connectivity index (χ0n) is 14.3. The number of methoxy groups -OCH3 is 1. The van der Waals surface area contributed by atoms with Gasteiger partial charge in [0, 0.05) is 0 Å². The van der Waals surface area contributed by atoms with Gasteiger partial charge in [0.2, 0.25) is 5.91 Å². The molecule has 0 aliphatic heterocycles. The maximum Gasteiger partial charge on any atom is 0.253 e. The minimum absolute atomic E-state index is 0.272. The highest BCUT2D eigenvalue weighted by atomic mass is 16.5. The maximum atomic E-state index is 12.3.